The summed E-state index contributed by atoms with van der Waals surface area (Å²) in [5.74, 6) is -0.135. The summed E-state index contributed by atoms with van der Waals surface area (Å²) >= 11 is 0. The molecule has 3 aromatic rings. The van der Waals surface area contributed by atoms with E-state index in [1.807, 2.05) is 52.0 Å². The maximum absolute atomic E-state index is 13.1. The fourth-order valence-corrected chi connectivity index (χ4v) is 4.23. The predicted octanol–water partition coefficient (Wildman–Crippen LogP) is 4.24. The number of phenolic OH excluding ortho intramolecular Hbond substituents is 1. The van der Waals surface area contributed by atoms with Crippen molar-refractivity contribution in [2.45, 2.75) is 39.8 Å². The highest BCUT2D eigenvalue weighted by atomic mass is 16.6. The van der Waals surface area contributed by atoms with Crippen molar-refractivity contribution in [3.63, 3.8) is 0 Å². The standard InChI is InChI=1S/C27H32N4O4/c1-18-15-22(21-16-20(32)9-10-23(21)29-18)25(33)28-17-19-7-5-6-8-24(19)30-11-13-31(14-12-30)26(34)35-27(2,3)4/h5-10,15-16,32H,11-14,17H2,1-4H3,(H,28,33). The number of fused-ring (bicyclic) bond motifs is 1. The van der Waals surface area contributed by atoms with Gasteiger partial charge in [-0.1, -0.05) is 18.2 Å². The average molecular weight is 477 g/mol. The highest BCUT2D eigenvalue weighted by molar-refractivity contribution is 6.06. The first-order valence-electron chi connectivity index (χ1n) is 11.8. The van der Waals surface area contributed by atoms with E-state index in [2.05, 4.69) is 15.2 Å². The molecule has 1 aliphatic heterocycles. The van der Waals surface area contributed by atoms with Gasteiger partial charge in [-0.05, 0) is 63.6 Å². The topological polar surface area (TPSA) is 95.0 Å². The van der Waals surface area contributed by atoms with Gasteiger partial charge < -0.3 is 25.0 Å². The van der Waals surface area contributed by atoms with E-state index in [9.17, 15) is 14.7 Å². The van der Waals surface area contributed by atoms with Crippen molar-refractivity contribution < 1.29 is 19.4 Å². The van der Waals surface area contributed by atoms with E-state index < -0.39 is 5.60 Å². The van der Waals surface area contributed by atoms with E-state index in [0.717, 1.165) is 16.9 Å². The van der Waals surface area contributed by atoms with Crippen molar-refractivity contribution in [2.75, 3.05) is 31.1 Å². The van der Waals surface area contributed by atoms with Crippen molar-refractivity contribution in [1.82, 2.24) is 15.2 Å². The second-order valence-electron chi connectivity index (χ2n) is 9.78. The summed E-state index contributed by atoms with van der Waals surface area (Å²) in [6.45, 7) is 10.3. The third-order valence-corrected chi connectivity index (χ3v) is 5.87. The number of nitrogens with one attached hydrogen (secondary N) is 1. The normalized spacial score (nSPS) is 14.2. The largest absolute Gasteiger partial charge is 0.508 e. The second-order valence-corrected chi connectivity index (χ2v) is 9.78. The van der Waals surface area contributed by atoms with Crippen LogP contribution in [0.2, 0.25) is 0 Å². The Morgan fingerprint density at radius 3 is 2.49 bits per heavy atom. The summed E-state index contributed by atoms with van der Waals surface area (Å²) in [5.41, 5.74) is 3.38. The molecule has 2 aromatic carbocycles. The second kappa shape index (κ2) is 9.82. The van der Waals surface area contributed by atoms with E-state index in [0.29, 0.717) is 49.2 Å². The number of aromatic hydroxyl groups is 1. The molecule has 2 amide bonds. The van der Waals surface area contributed by atoms with Crippen LogP contribution in [0, 0.1) is 6.92 Å². The van der Waals surface area contributed by atoms with Gasteiger partial charge in [0.1, 0.15) is 11.4 Å². The molecule has 2 heterocycles. The zero-order valence-electron chi connectivity index (χ0n) is 20.7. The first-order valence-corrected chi connectivity index (χ1v) is 11.8. The number of carbonyl (C=O) groups excluding carboxylic acids is 2. The number of benzene rings is 2. The zero-order valence-corrected chi connectivity index (χ0v) is 20.7. The molecule has 0 radical (unpaired) electrons. The van der Waals surface area contributed by atoms with E-state index in [1.165, 1.54) is 0 Å². The lowest BCUT2D eigenvalue weighted by Crippen LogP contribution is -2.50. The lowest BCUT2D eigenvalue weighted by atomic mass is 10.1. The number of rotatable bonds is 4. The van der Waals surface area contributed by atoms with Gasteiger partial charge in [0.2, 0.25) is 0 Å². The molecule has 8 nitrogen and oxygen atoms in total. The fourth-order valence-electron chi connectivity index (χ4n) is 4.23. The van der Waals surface area contributed by atoms with Gasteiger partial charge in [0.25, 0.3) is 5.91 Å². The number of aryl methyl sites for hydroxylation is 1. The van der Waals surface area contributed by atoms with E-state index in [-0.39, 0.29) is 17.7 Å². The number of hydrogen-bond donors (Lipinski definition) is 2. The third kappa shape index (κ3) is 5.82. The molecule has 1 aromatic heterocycles. The van der Waals surface area contributed by atoms with Crippen LogP contribution in [0.4, 0.5) is 10.5 Å². The molecule has 0 spiro atoms. The minimum absolute atomic E-state index is 0.0908. The predicted molar refractivity (Wildman–Crippen MR) is 136 cm³/mol. The molecule has 0 bridgehead atoms. The molecule has 1 aliphatic rings. The number of anilines is 1. The summed E-state index contributed by atoms with van der Waals surface area (Å²) in [6, 6.07) is 14.5. The first-order chi connectivity index (χ1) is 16.6. The number of para-hydroxylation sites is 1. The molecule has 0 unspecified atom stereocenters. The summed E-state index contributed by atoms with van der Waals surface area (Å²) in [7, 11) is 0. The lowest BCUT2D eigenvalue weighted by Gasteiger charge is -2.37. The summed E-state index contributed by atoms with van der Waals surface area (Å²) in [5, 5.41) is 13.5. The Hall–Kier alpha value is -3.81. The number of carbonyl (C=O) groups is 2. The van der Waals surface area contributed by atoms with Gasteiger partial charge in [-0.2, -0.15) is 0 Å². The molecule has 4 rings (SSSR count). The minimum Gasteiger partial charge on any atom is -0.508 e. The smallest absolute Gasteiger partial charge is 0.410 e. The van der Waals surface area contributed by atoms with Gasteiger partial charge in [0, 0.05) is 49.5 Å². The van der Waals surface area contributed by atoms with Gasteiger partial charge in [0.05, 0.1) is 11.1 Å². The Morgan fingerprint density at radius 1 is 1.06 bits per heavy atom. The number of aromatic nitrogens is 1. The van der Waals surface area contributed by atoms with Crippen molar-refractivity contribution in [1.29, 1.82) is 0 Å². The molecule has 2 N–H and O–H groups in total. The number of nitrogens with zero attached hydrogens (tertiary/aromatic N) is 3. The lowest BCUT2D eigenvalue weighted by molar-refractivity contribution is 0.0240. The van der Waals surface area contributed by atoms with Crippen LogP contribution in [-0.4, -0.2) is 58.8 Å². The quantitative estimate of drug-likeness (QED) is 0.585. The Bertz CT molecular complexity index is 1240. The van der Waals surface area contributed by atoms with Gasteiger partial charge in [0.15, 0.2) is 0 Å². The van der Waals surface area contributed by atoms with Crippen LogP contribution in [-0.2, 0) is 11.3 Å². The monoisotopic (exact) mass is 476 g/mol. The van der Waals surface area contributed by atoms with Gasteiger partial charge in [-0.15, -0.1) is 0 Å². The highest BCUT2D eigenvalue weighted by Crippen LogP contribution is 2.25. The Balaban J connectivity index is 1.45. The molecule has 8 heteroatoms. The summed E-state index contributed by atoms with van der Waals surface area (Å²) < 4.78 is 5.50. The molecule has 0 saturated carbocycles. The van der Waals surface area contributed by atoms with Crippen molar-refractivity contribution in [3.8, 4) is 5.75 Å². The van der Waals surface area contributed by atoms with Crippen LogP contribution in [0.15, 0.2) is 48.5 Å². The van der Waals surface area contributed by atoms with Crippen LogP contribution in [0.5, 0.6) is 5.75 Å². The van der Waals surface area contributed by atoms with Crippen LogP contribution >= 0.6 is 0 Å². The van der Waals surface area contributed by atoms with E-state index in [4.69, 9.17) is 4.74 Å². The SMILES string of the molecule is Cc1cc(C(=O)NCc2ccccc2N2CCN(C(=O)OC(C)(C)C)CC2)c2cc(O)ccc2n1. The summed E-state index contributed by atoms with van der Waals surface area (Å²) in [4.78, 5) is 33.9. The van der Waals surface area contributed by atoms with Crippen molar-refractivity contribution >= 4 is 28.6 Å². The zero-order chi connectivity index (χ0) is 25.2. The number of hydrogen-bond acceptors (Lipinski definition) is 6. The third-order valence-electron chi connectivity index (χ3n) is 5.87. The van der Waals surface area contributed by atoms with Crippen LogP contribution < -0.4 is 10.2 Å². The molecule has 1 fully saturated rings. The van der Waals surface area contributed by atoms with Gasteiger partial charge in [-0.25, -0.2) is 4.79 Å². The summed E-state index contributed by atoms with van der Waals surface area (Å²) in [6.07, 6.45) is -0.288. The van der Waals surface area contributed by atoms with Crippen molar-refractivity contribution in [2.24, 2.45) is 0 Å². The Morgan fingerprint density at radius 2 is 1.77 bits per heavy atom. The maximum Gasteiger partial charge on any atom is 0.410 e. The molecule has 184 valence electrons. The fraction of sp³-hybridized carbons (Fsp3) is 0.370. The molecular weight excluding hydrogens is 444 g/mol. The van der Waals surface area contributed by atoms with Crippen LogP contribution in [0.1, 0.15) is 42.4 Å². The van der Waals surface area contributed by atoms with Crippen LogP contribution in [0.3, 0.4) is 0 Å². The highest BCUT2D eigenvalue weighted by Gasteiger charge is 2.26. The Kier molecular flexibility index (Phi) is 6.82. The molecule has 0 aliphatic carbocycles. The first kappa shape index (κ1) is 24.3. The minimum atomic E-state index is -0.517. The molecule has 35 heavy (non-hydrogen) atoms. The van der Waals surface area contributed by atoms with E-state index in [1.54, 1.807) is 29.2 Å². The number of ether oxygens (including phenoxy) is 1. The van der Waals surface area contributed by atoms with Gasteiger partial charge >= 0.3 is 6.09 Å². The molecule has 1 saturated heterocycles. The molecular formula is C27H32N4O4. The maximum atomic E-state index is 13.1. The number of pyridine rings is 1. The number of phenols is 1. The number of amides is 2. The number of piperazine rings is 1. The Labute approximate surface area is 205 Å². The van der Waals surface area contributed by atoms with E-state index >= 15 is 0 Å². The van der Waals surface area contributed by atoms with Crippen LogP contribution in [0.25, 0.3) is 10.9 Å². The molecule has 0 atom stereocenters. The average Bonchev–Trinajstić information content (AvgIpc) is 2.81. The van der Waals surface area contributed by atoms with Crippen molar-refractivity contribution in [3.05, 3.63) is 65.4 Å². The van der Waals surface area contributed by atoms with Gasteiger partial charge in [-0.3, -0.25) is 9.78 Å².